The average molecular weight is 321 g/mol. The first-order chi connectivity index (χ1) is 11.7. The van der Waals surface area contributed by atoms with Crippen LogP contribution in [0.25, 0.3) is 5.78 Å². The number of anilines is 1. The Kier molecular flexibility index (Phi) is 2.86. The number of aryl methyl sites for hydroxylation is 2. The predicted octanol–water partition coefficient (Wildman–Crippen LogP) is 2.01. The summed E-state index contributed by atoms with van der Waals surface area (Å²) in [6.45, 7) is 5.69. The third kappa shape index (κ3) is 2.23. The highest BCUT2D eigenvalue weighted by Crippen LogP contribution is 2.39. The Hall–Kier alpha value is -2.57. The second-order valence-electron chi connectivity index (χ2n) is 6.88. The lowest BCUT2D eigenvalue weighted by molar-refractivity contribution is 0.491. The second kappa shape index (κ2) is 4.96. The van der Waals surface area contributed by atoms with Gasteiger partial charge in [-0.15, -0.1) is 5.10 Å². The molecule has 7 nitrogen and oxygen atoms in total. The maximum Gasteiger partial charge on any atom is 0.254 e. The van der Waals surface area contributed by atoms with Gasteiger partial charge in [-0.05, 0) is 38.2 Å². The van der Waals surface area contributed by atoms with Gasteiger partial charge in [0.25, 0.3) is 5.78 Å². The molecule has 1 saturated carbocycles. The molecule has 0 radical (unpaired) electrons. The third-order valence-corrected chi connectivity index (χ3v) is 4.84. The first kappa shape index (κ1) is 13.8. The average Bonchev–Trinajstić information content (AvgIpc) is 3.29. The maximum absolute atomic E-state index is 4.59. The Labute approximate surface area is 139 Å². The van der Waals surface area contributed by atoms with Crippen LogP contribution in [0.4, 0.5) is 5.82 Å². The van der Waals surface area contributed by atoms with Gasteiger partial charge in [-0.2, -0.15) is 9.50 Å². The number of nitrogens with zero attached hydrogens (tertiary/aromatic N) is 7. The van der Waals surface area contributed by atoms with Crippen molar-refractivity contribution in [1.82, 2.24) is 29.5 Å². The van der Waals surface area contributed by atoms with Gasteiger partial charge in [0.2, 0.25) is 0 Å². The smallest absolute Gasteiger partial charge is 0.254 e. The van der Waals surface area contributed by atoms with Crippen LogP contribution in [-0.2, 0) is 0 Å². The fourth-order valence-electron chi connectivity index (χ4n) is 3.31. The Balaban J connectivity index is 1.37. The summed E-state index contributed by atoms with van der Waals surface area (Å²) in [4.78, 5) is 20.3. The molecule has 0 spiro atoms. The van der Waals surface area contributed by atoms with Gasteiger partial charge in [-0.1, -0.05) is 0 Å². The van der Waals surface area contributed by atoms with E-state index in [4.69, 9.17) is 0 Å². The first-order valence-corrected chi connectivity index (χ1v) is 8.45. The van der Waals surface area contributed by atoms with Crippen LogP contribution in [0.5, 0.6) is 0 Å². The van der Waals surface area contributed by atoms with Gasteiger partial charge in [-0.3, -0.25) is 0 Å². The zero-order chi connectivity index (χ0) is 16.3. The standard InChI is InChI=1S/C17H19N7/c1-10-5-15(24-17(20-10)21-11(2)22-24)23-8-14(9-23)16-18-6-13(7-19-16)12-3-4-12/h5-7,12,14H,3-4,8-9H2,1-2H3. The molecule has 5 rings (SSSR count). The predicted molar refractivity (Wildman–Crippen MR) is 89.2 cm³/mol. The summed E-state index contributed by atoms with van der Waals surface area (Å²) in [6.07, 6.45) is 6.60. The topological polar surface area (TPSA) is 72.1 Å². The Morgan fingerprint density at radius 1 is 1.00 bits per heavy atom. The van der Waals surface area contributed by atoms with Gasteiger partial charge in [-0.25, -0.2) is 15.0 Å². The monoisotopic (exact) mass is 321 g/mol. The molecule has 0 unspecified atom stereocenters. The first-order valence-electron chi connectivity index (χ1n) is 8.45. The highest BCUT2D eigenvalue weighted by Gasteiger charge is 2.33. The maximum atomic E-state index is 4.59. The van der Waals surface area contributed by atoms with Gasteiger partial charge in [0, 0.05) is 37.2 Å². The van der Waals surface area contributed by atoms with Crippen molar-refractivity contribution in [3.63, 3.8) is 0 Å². The third-order valence-electron chi connectivity index (χ3n) is 4.84. The molecule has 0 bridgehead atoms. The van der Waals surface area contributed by atoms with Crippen molar-refractivity contribution in [3.05, 3.63) is 41.4 Å². The summed E-state index contributed by atoms with van der Waals surface area (Å²) >= 11 is 0. The van der Waals surface area contributed by atoms with E-state index in [0.29, 0.717) is 17.6 Å². The van der Waals surface area contributed by atoms with E-state index in [1.54, 1.807) is 0 Å². The molecule has 2 aliphatic rings. The van der Waals surface area contributed by atoms with Gasteiger partial charge in [0.1, 0.15) is 17.5 Å². The summed E-state index contributed by atoms with van der Waals surface area (Å²) in [7, 11) is 0. The van der Waals surface area contributed by atoms with Crippen LogP contribution in [0.2, 0.25) is 0 Å². The highest BCUT2D eigenvalue weighted by molar-refractivity contribution is 5.50. The molecule has 0 atom stereocenters. The fourth-order valence-corrected chi connectivity index (χ4v) is 3.31. The van der Waals surface area contributed by atoms with Gasteiger partial charge in [0.15, 0.2) is 0 Å². The molecule has 1 saturated heterocycles. The number of hydrogen-bond donors (Lipinski definition) is 0. The Morgan fingerprint density at radius 2 is 1.75 bits per heavy atom. The SMILES string of the molecule is Cc1cc(N2CC(c3ncc(C4CC4)cn3)C2)n2nc(C)nc2n1. The molecule has 4 heterocycles. The minimum Gasteiger partial charge on any atom is -0.355 e. The van der Waals surface area contributed by atoms with Crippen molar-refractivity contribution in [2.24, 2.45) is 0 Å². The molecule has 7 heteroatoms. The van der Waals surface area contributed by atoms with E-state index in [1.165, 1.54) is 18.4 Å². The molecule has 0 aromatic carbocycles. The number of aromatic nitrogens is 6. The molecule has 3 aromatic rings. The zero-order valence-corrected chi connectivity index (χ0v) is 13.8. The van der Waals surface area contributed by atoms with E-state index < -0.39 is 0 Å². The van der Waals surface area contributed by atoms with Crippen LogP contribution < -0.4 is 4.90 Å². The number of rotatable bonds is 3. The summed E-state index contributed by atoms with van der Waals surface area (Å²) in [5, 5.41) is 4.46. The lowest BCUT2D eigenvalue weighted by Crippen LogP contribution is -2.46. The molecule has 122 valence electrons. The van der Waals surface area contributed by atoms with Crippen molar-refractivity contribution in [2.45, 2.75) is 38.5 Å². The van der Waals surface area contributed by atoms with E-state index in [1.807, 2.05) is 30.8 Å². The minimum absolute atomic E-state index is 0.381. The molecule has 2 fully saturated rings. The molecule has 0 N–H and O–H groups in total. The molecule has 3 aromatic heterocycles. The largest absolute Gasteiger partial charge is 0.355 e. The normalized spacial score (nSPS) is 18.2. The summed E-state index contributed by atoms with van der Waals surface area (Å²) in [5.74, 6) is 4.49. The molecular weight excluding hydrogens is 302 g/mol. The van der Waals surface area contributed by atoms with Gasteiger partial charge < -0.3 is 4.90 Å². The Bertz CT molecular complexity index is 905. The van der Waals surface area contributed by atoms with Gasteiger partial charge >= 0.3 is 0 Å². The highest BCUT2D eigenvalue weighted by atomic mass is 15.4. The number of hydrogen-bond acceptors (Lipinski definition) is 6. The summed E-state index contributed by atoms with van der Waals surface area (Å²) in [5.41, 5.74) is 2.25. The summed E-state index contributed by atoms with van der Waals surface area (Å²) < 4.78 is 1.83. The zero-order valence-electron chi connectivity index (χ0n) is 13.8. The van der Waals surface area contributed by atoms with E-state index in [0.717, 1.165) is 36.3 Å². The van der Waals surface area contributed by atoms with E-state index in [2.05, 4.69) is 36.0 Å². The Morgan fingerprint density at radius 3 is 2.46 bits per heavy atom. The van der Waals surface area contributed by atoms with E-state index in [-0.39, 0.29) is 0 Å². The lowest BCUT2D eigenvalue weighted by atomic mass is 9.99. The van der Waals surface area contributed by atoms with Crippen LogP contribution in [0.3, 0.4) is 0 Å². The quantitative estimate of drug-likeness (QED) is 0.735. The van der Waals surface area contributed by atoms with E-state index in [9.17, 15) is 0 Å². The van der Waals surface area contributed by atoms with Crippen LogP contribution >= 0.6 is 0 Å². The second-order valence-corrected chi connectivity index (χ2v) is 6.88. The minimum atomic E-state index is 0.381. The molecular formula is C17H19N7. The van der Waals surface area contributed by atoms with Crippen molar-refractivity contribution in [2.75, 3.05) is 18.0 Å². The molecule has 1 aliphatic carbocycles. The van der Waals surface area contributed by atoms with Crippen LogP contribution in [0.15, 0.2) is 18.5 Å². The fraction of sp³-hybridized carbons (Fsp3) is 0.471. The van der Waals surface area contributed by atoms with Crippen molar-refractivity contribution in [3.8, 4) is 0 Å². The van der Waals surface area contributed by atoms with Crippen molar-refractivity contribution >= 4 is 11.6 Å². The molecule has 1 aliphatic heterocycles. The van der Waals surface area contributed by atoms with Crippen LogP contribution in [0.1, 0.15) is 47.6 Å². The lowest BCUT2D eigenvalue weighted by Gasteiger charge is -2.39. The van der Waals surface area contributed by atoms with Crippen molar-refractivity contribution in [1.29, 1.82) is 0 Å². The van der Waals surface area contributed by atoms with Crippen LogP contribution in [0, 0.1) is 13.8 Å². The van der Waals surface area contributed by atoms with Crippen molar-refractivity contribution < 1.29 is 0 Å². The number of fused-ring (bicyclic) bond motifs is 1. The van der Waals surface area contributed by atoms with E-state index >= 15 is 0 Å². The van der Waals surface area contributed by atoms with Gasteiger partial charge in [0.05, 0.1) is 5.92 Å². The van der Waals surface area contributed by atoms with Crippen LogP contribution in [-0.4, -0.2) is 42.6 Å². The molecule has 0 amide bonds. The molecule has 24 heavy (non-hydrogen) atoms. The summed E-state index contributed by atoms with van der Waals surface area (Å²) in [6, 6.07) is 2.06.